The zero-order chi connectivity index (χ0) is 20.1. The summed E-state index contributed by atoms with van der Waals surface area (Å²) in [6.07, 6.45) is 3.17. The lowest BCUT2D eigenvalue weighted by molar-refractivity contribution is 0.0794. The predicted octanol–water partition coefficient (Wildman–Crippen LogP) is 3.29. The van der Waals surface area contributed by atoms with Crippen molar-refractivity contribution in [3.8, 4) is 11.5 Å². The number of nitrogens with one attached hydrogen (secondary N) is 1. The van der Waals surface area contributed by atoms with Crippen LogP contribution in [0.1, 0.15) is 54.5 Å². The molecule has 1 amide bonds. The molecule has 28 heavy (non-hydrogen) atoms. The van der Waals surface area contributed by atoms with Crippen molar-refractivity contribution in [2.24, 2.45) is 0 Å². The van der Waals surface area contributed by atoms with Gasteiger partial charge in [-0.1, -0.05) is 19.9 Å². The van der Waals surface area contributed by atoms with E-state index in [9.17, 15) is 4.79 Å². The van der Waals surface area contributed by atoms with Crippen molar-refractivity contribution in [1.82, 2.24) is 10.3 Å². The molecule has 0 spiro atoms. The third kappa shape index (κ3) is 4.47. The molecular weight excluding hydrogens is 360 g/mol. The minimum atomic E-state index is -0.303. The maximum atomic E-state index is 12.5. The monoisotopic (exact) mass is 388 g/mol. The van der Waals surface area contributed by atoms with Crippen molar-refractivity contribution >= 4 is 5.91 Å². The van der Waals surface area contributed by atoms with Gasteiger partial charge < -0.3 is 23.9 Å². The van der Waals surface area contributed by atoms with Crippen molar-refractivity contribution in [3.05, 3.63) is 41.6 Å². The second-order valence-corrected chi connectivity index (χ2v) is 7.59. The molecule has 0 unspecified atom stereocenters. The van der Waals surface area contributed by atoms with Crippen molar-refractivity contribution in [3.63, 3.8) is 0 Å². The van der Waals surface area contributed by atoms with Gasteiger partial charge in [-0.3, -0.25) is 4.79 Å². The van der Waals surface area contributed by atoms with E-state index >= 15 is 0 Å². The molecule has 1 aliphatic heterocycles. The smallest absolute Gasteiger partial charge is 0.273 e. The average Bonchev–Trinajstić information content (AvgIpc) is 3.22. The molecule has 7 nitrogen and oxygen atoms in total. The number of benzene rings is 1. The second-order valence-electron chi connectivity index (χ2n) is 7.59. The first kappa shape index (κ1) is 20.2. The quantitative estimate of drug-likeness (QED) is 0.784. The highest BCUT2D eigenvalue weighted by molar-refractivity contribution is 5.92. The van der Waals surface area contributed by atoms with E-state index in [1.165, 1.54) is 6.26 Å². The van der Waals surface area contributed by atoms with Gasteiger partial charge in [0.05, 0.1) is 14.2 Å². The standard InChI is InChI=1S/C21H28N2O5/c1-21(2,15-5-6-17(25-3)18(11-15)26-4)13-22-19(24)16-12-28-20(23-16)14-7-9-27-10-8-14/h5-6,11-12,14H,7-10,13H2,1-4H3,(H,22,24). The number of methoxy groups -OCH3 is 2. The van der Waals surface area contributed by atoms with Gasteiger partial charge in [-0.15, -0.1) is 0 Å². The number of carbonyl (C=O) groups is 1. The lowest BCUT2D eigenvalue weighted by atomic mass is 9.84. The highest BCUT2D eigenvalue weighted by Crippen LogP contribution is 2.33. The number of ether oxygens (including phenoxy) is 3. The highest BCUT2D eigenvalue weighted by Gasteiger charge is 2.26. The van der Waals surface area contributed by atoms with Gasteiger partial charge in [0.2, 0.25) is 0 Å². The SMILES string of the molecule is COc1ccc(C(C)(C)CNC(=O)c2coc(C3CCOCC3)n2)cc1OC. The molecule has 0 radical (unpaired) electrons. The molecule has 1 N–H and O–H groups in total. The third-order valence-corrected chi connectivity index (χ3v) is 5.18. The van der Waals surface area contributed by atoms with Gasteiger partial charge in [-0.05, 0) is 30.5 Å². The number of rotatable bonds is 7. The Balaban J connectivity index is 1.64. The first-order valence-corrected chi connectivity index (χ1v) is 9.48. The molecule has 7 heteroatoms. The summed E-state index contributed by atoms with van der Waals surface area (Å²) in [5.41, 5.74) is 1.04. The third-order valence-electron chi connectivity index (χ3n) is 5.18. The highest BCUT2D eigenvalue weighted by atomic mass is 16.5. The van der Waals surface area contributed by atoms with Crippen LogP contribution in [0.5, 0.6) is 11.5 Å². The van der Waals surface area contributed by atoms with Crippen LogP contribution in [-0.2, 0) is 10.2 Å². The Bertz CT molecular complexity index is 809. The first-order chi connectivity index (χ1) is 13.4. The summed E-state index contributed by atoms with van der Waals surface area (Å²) in [7, 11) is 3.21. The molecule has 0 saturated carbocycles. The van der Waals surface area contributed by atoms with E-state index in [0.717, 1.165) is 18.4 Å². The van der Waals surface area contributed by atoms with Crippen LogP contribution >= 0.6 is 0 Å². The fourth-order valence-electron chi connectivity index (χ4n) is 3.28. The van der Waals surface area contributed by atoms with E-state index in [2.05, 4.69) is 24.1 Å². The van der Waals surface area contributed by atoms with Crippen LogP contribution in [-0.4, -0.2) is 44.9 Å². The van der Waals surface area contributed by atoms with E-state index in [-0.39, 0.29) is 17.2 Å². The number of aromatic nitrogens is 1. The minimum Gasteiger partial charge on any atom is -0.493 e. The summed E-state index contributed by atoms with van der Waals surface area (Å²) in [6, 6.07) is 5.78. The van der Waals surface area contributed by atoms with Gasteiger partial charge in [-0.25, -0.2) is 4.98 Å². The van der Waals surface area contributed by atoms with Gasteiger partial charge in [0.15, 0.2) is 23.1 Å². The number of amides is 1. The van der Waals surface area contributed by atoms with Crippen LogP contribution in [0.25, 0.3) is 0 Å². The number of oxazole rings is 1. The zero-order valence-electron chi connectivity index (χ0n) is 16.9. The molecular formula is C21H28N2O5. The molecule has 0 atom stereocenters. The Morgan fingerprint density at radius 3 is 2.61 bits per heavy atom. The normalized spacial score (nSPS) is 15.3. The average molecular weight is 388 g/mol. The van der Waals surface area contributed by atoms with E-state index < -0.39 is 0 Å². The number of hydrogen-bond donors (Lipinski definition) is 1. The molecule has 152 valence electrons. The molecule has 2 aromatic rings. The molecule has 1 aromatic heterocycles. The van der Waals surface area contributed by atoms with Crippen LogP contribution < -0.4 is 14.8 Å². The summed E-state index contributed by atoms with van der Waals surface area (Å²) in [4.78, 5) is 16.9. The maximum absolute atomic E-state index is 12.5. The van der Waals surface area contributed by atoms with Crippen LogP contribution in [0.15, 0.2) is 28.9 Å². The Hall–Kier alpha value is -2.54. The van der Waals surface area contributed by atoms with Crippen molar-refractivity contribution < 1.29 is 23.4 Å². The molecule has 1 aromatic carbocycles. The largest absolute Gasteiger partial charge is 0.493 e. The lowest BCUT2D eigenvalue weighted by Gasteiger charge is -2.26. The van der Waals surface area contributed by atoms with Gasteiger partial charge in [0.1, 0.15) is 6.26 Å². The number of carbonyl (C=O) groups excluding carboxylic acids is 1. The Kier molecular flexibility index (Phi) is 6.24. The van der Waals surface area contributed by atoms with Crippen molar-refractivity contribution in [2.75, 3.05) is 34.0 Å². The summed E-state index contributed by atoms with van der Waals surface area (Å²) in [6.45, 7) is 5.97. The molecule has 0 bridgehead atoms. The Morgan fingerprint density at radius 1 is 1.21 bits per heavy atom. The topological polar surface area (TPSA) is 82.8 Å². The van der Waals surface area contributed by atoms with E-state index in [0.29, 0.717) is 42.8 Å². The fraction of sp³-hybridized carbons (Fsp3) is 0.524. The predicted molar refractivity (Wildman–Crippen MR) is 104 cm³/mol. The Labute approximate surface area is 165 Å². The lowest BCUT2D eigenvalue weighted by Crippen LogP contribution is -2.36. The summed E-state index contributed by atoms with van der Waals surface area (Å²) < 4.78 is 21.6. The van der Waals surface area contributed by atoms with Gasteiger partial charge >= 0.3 is 0 Å². The zero-order valence-corrected chi connectivity index (χ0v) is 16.9. The summed E-state index contributed by atoms with van der Waals surface area (Å²) in [5.74, 6) is 1.94. The van der Waals surface area contributed by atoms with Crippen LogP contribution in [0.2, 0.25) is 0 Å². The van der Waals surface area contributed by atoms with Gasteiger partial charge in [-0.2, -0.15) is 0 Å². The molecule has 1 fully saturated rings. The van der Waals surface area contributed by atoms with Crippen LogP contribution in [0.3, 0.4) is 0 Å². The number of hydrogen-bond acceptors (Lipinski definition) is 6. The Morgan fingerprint density at radius 2 is 1.93 bits per heavy atom. The molecule has 1 saturated heterocycles. The minimum absolute atomic E-state index is 0.221. The molecule has 1 aliphatic rings. The summed E-state index contributed by atoms with van der Waals surface area (Å²) >= 11 is 0. The van der Waals surface area contributed by atoms with Gasteiger partial charge in [0, 0.05) is 31.1 Å². The van der Waals surface area contributed by atoms with Crippen LogP contribution in [0.4, 0.5) is 0 Å². The van der Waals surface area contributed by atoms with Gasteiger partial charge in [0.25, 0.3) is 5.91 Å². The van der Waals surface area contributed by atoms with Crippen molar-refractivity contribution in [2.45, 2.75) is 38.0 Å². The first-order valence-electron chi connectivity index (χ1n) is 9.48. The van der Waals surface area contributed by atoms with Crippen LogP contribution in [0, 0.1) is 0 Å². The fourth-order valence-corrected chi connectivity index (χ4v) is 3.28. The molecule has 3 rings (SSSR count). The summed E-state index contributed by atoms with van der Waals surface area (Å²) in [5, 5.41) is 2.96. The van der Waals surface area contributed by atoms with E-state index in [1.807, 2.05) is 18.2 Å². The second kappa shape index (κ2) is 8.65. The maximum Gasteiger partial charge on any atom is 0.273 e. The van der Waals surface area contributed by atoms with E-state index in [1.54, 1.807) is 14.2 Å². The van der Waals surface area contributed by atoms with Crippen molar-refractivity contribution in [1.29, 1.82) is 0 Å². The number of nitrogens with zero attached hydrogens (tertiary/aromatic N) is 1. The van der Waals surface area contributed by atoms with E-state index in [4.69, 9.17) is 18.6 Å². The molecule has 0 aliphatic carbocycles. The molecule has 2 heterocycles.